The maximum Gasteiger partial charge on any atom is 0.272 e. The Morgan fingerprint density at radius 3 is 2.70 bits per heavy atom. The number of nitrogens with zero attached hydrogens (tertiary/aromatic N) is 2. The average Bonchev–Trinajstić information content (AvgIpc) is 3.04. The molecule has 0 aliphatic carbocycles. The third-order valence-electron chi connectivity index (χ3n) is 4.24. The van der Waals surface area contributed by atoms with Crippen molar-refractivity contribution in [3.05, 3.63) is 24.0 Å². The van der Waals surface area contributed by atoms with Crippen LogP contribution in [0.3, 0.4) is 0 Å². The molecule has 0 saturated carbocycles. The lowest BCUT2D eigenvalue weighted by molar-refractivity contribution is -0.181. The first-order valence-corrected chi connectivity index (χ1v) is 7.98. The van der Waals surface area contributed by atoms with E-state index in [1.54, 1.807) is 19.4 Å². The molecule has 2 fully saturated rings. The zero-order chi connectivity index (χ0) is 16.1. The summed E-state index contributed by atoms with van der Waals surface area (Å²) in [6.45, 7) is 3.89. The first-order valence-electron chi connectivity index (χ1n) is 7.98. The summed E-state index contributed by atoms with van der Waals surface area (Å²) in [5.41, 5.74) is 1.34. The second-order valence-corrected chi connectivity index (χ2v) is 5.75. The molecule has 0 atom stereocenters. The summed E-state index contributed by atoms with van der Waals surface area (Å²) < 4.78 is 16.3. The number of aromatic nitrogens is 1. The molecule has 1 N–H and O–H groups in total. The highest BCUT2D eigenvalue weighted by Crippen LogP contribution is 2.31. The molecule has 1 aromatic heterocycles. The summed E-state index contributed by atoms with van der Waals surface area (Å²) in [5, 5.41) is 3.18. The van der Waals surface area contributed by atoms with Gasteiger partial charge < -0.3 is 24.4 Å². The molecule has 7 nitrogen and oxygen atoms in total. The fraction of sp³-hybridized carbons (Fsp3) is 0.625. The van der Waals surface area contributed by atoms with Gasteiger partial charge in [0.05, 0.1) is 31.7 Å². The molecule has 1 amide bonds. The zero-order valence-corrected chi connectivity index (χ0v) is 13.4. The molecule has 23 heavy (non-hydrogen) atoms. The smallest absolute Gasteiger partial charge is 0.272 e. The summed E-state index contributed by atoms with van der Waals surface area (Å²) >= 11 is 0. The molecule has 0 radical (unpaired) electrons. The van der Waals surface area contributed by atoms with Gasteiger partial charge in [-0.3, -0.25) is 4.79 Å². The first-order chi connectivity index (χ1) is 11.2. The summed E-state index contributed by atoms with van der Waals surface area (Å²) in [4.78, 5) is 18.6. The molecule has 126 valence electrons. The van der Waals surface area contributed by atoms with Crippen molar-refractivity contribution in [2.45, 2.75) is 18.6 Å². The van der Waals surface area contributed by atoms with Crippen molar-refractivity contribution < 1.29 is 19.0 Å². The van der Waals surface area contributed by atoms with Gasteiger partial charge in [-0.05, 0) is 12.1 Å². The molecule has 2 aliphatic heterocycles. The predicted molar refractivity (Wildman–Crippen MR) is 84.4 cm³/mol. The quantitative estimate of drug-likeness (QED) is 0.819. The van der Waals surface area contributed by atoms with Gasteiger partial charge in [0.25, 0.3) is 5.91 Å². The van der Waals surface area contributed by atoms with Crippen LogP contribution < -0.4 is 5.32 Å². The van der Waals surface area contributed by atoms with Gasteiger partial charge >= 0.3 is 0 Å². The standard InChI is InChI=1S/C16H23N3O4/c1-21-9-6-17-13-2-3-14(18-12-13)15(20)19-7-4-16(5-8-19)22-10-11-23-16/h2-3,12,17H,4-11H2,1H3. The van der Waals surface area contributed by atoms with Crippen LogP contribution >= 0.6 is 0 Å². The lowest BCUT2D eigenvalue weighted by Gasteiger charge is -2.37. The van der Waals surface area contributed by atoms with Crippen LogP contribution in [-0.4, -0.2) is 68.1 Å². The molecule has 0 aromatic carbocycles. The largest absolute Gasteiger partial charge is 0.383 e. The molecule has 0 bridgehead atoms. The molecule has 3 heterocycles. The number of anilines is 1. The maximum absolute atomic E-state index is 12.5. The van der Waals surface area contributed by atoms with Gasteiger partial charge in [0.2, 0.25) is 0 Å². The Balaban J connectivity index is 1.54. The van der Waals surface area contributed by atoms with Crippen LogP contribution in [0.25, 0.3) is 0 Å². The number of nitrogens with one attached hydrogen (secondary N) is 1. The van der Waals surface area contributed by atoms with Gasteiger partial charge in [0, 0.05) is 39.6 Å². The zero-order valence-electron chi connectivity index (χ0n) is 13.4. The minimum absolute atomic E-state index is 0.0405. The van der Waals surface area contributed by atoms with E-state index in [9.17, 15) is 4.79 Å². The molecular weight excluding hydrogens is 298 g/mol. The number of ether oxygens (including phenoxy) is 3. The van der Waals surface area contributed by atoms with Gasteiger partial charge in [-0.25, -0.2) is 4.98 Å². The van der Waals surface area contributed by atoms with Crippen LogP contribution in [0.15, 0.2) is 18.3 Å². The van der Waals surface area contributed by atoms with Crippen molar-refractivity contribution in [3.8, 4) is 0 Å². The van der Waals surface area contributed by atoms with Gasteiger partial charge in [-0.15, -0.1) is 0 Å². The van der Waals surface area contributed by atoms with Crippen LogP contribution in [0.5, 0.6) is 0 Å². The van der Waals surface area contributed by atoms with Crippen LogP contribution in [-0.2, 0) is 14.2 Å². The summed E-state index contributed by atoms with van der Waals surface area (Å²) in [6, 6.07) is 3.62. The maximum atomic E-state index is 12.5. The summed E-state index contributed by atoms with van der Waals surface area (Å²) in [6.07, 6.45) is 3.11. The van der Waals surface area contributed by atoms with Crippen molar-refractivity contribution in [2.75, 3.05) is 51.9 Å². The van der Waals surface area contributed by atoms with Gasteiger partial charge in [-0.2, -0.15) is 0 Å². The van der Waals surface area contributed by atoms with Crippen LogP contribution in [0.2, 0.25) is 0 Å². The van der Waals surface area contributed by atoms with Gasteiger partial charge in [0.1, 0.15) is 5.69 Å². The third kappa shape index (κ3) is 3.80. The van der Waals surface area contributed by atoms with E-state index in [2.05, 4.69) is 10.3 Å². The number of carbonyl (C=O) groups excluding carboxylic acids is 1. The second kappa shape index (κ2) is 7.25. The number of carbonyl (C=O) groups is 1. The number of hydrogen-bond donors (Lipinski definition) is 1. The predicted octanol–water partition coefficient (Wildman–Crippen LogP) is 1.12. The monoisotopic (exact) mass is 321 g/mol. The van der Waals surface area contributed by atoms with E-state index in [-0.39, 0.29) is 5.91 Å². The topological polar surface area (TPSA) is 72.9 Å². The normalized spacial score (nSPS) is 20.0. The van der Waals surface area contributed by atoms with Crippen LogP contribution in [0.4, 0.5) is 5.69 Å². The molecule has 2 aliphatic rings. The Morgan fingerprint density at radius 2 is 2.09 bits per heavy atom. The van der Waals surface area contributed by atoms with E-state index in [0.29, 0.717) is 45.1 Å². The van der Waals surface area contributed by atoms with E-state index in [1.807, 2.05) is 11.0 Å². The average molecular weight is 321 g/mol. The van der Waals surface area contributed by atoms with Crippen molar-refractivity contribution in [2.24, 2.45) is 0 Å². The highest BCUT2D eigenvalue weighted by atomic mass is 16.7. The highest BCUT2D eigenvalue weighted by molar-refractivity contribution is 5.92. The fourth-order valence-electron chi connectivity index (χ4n) is 2.92. The summed E-state index contributed by atoms with van der Waals surface area (Å²) in [5.74, 6) is -0.499. The molecule has 2 saturated heterocycles. The van der Waals surface area contributed by atoms with E-state index in [0.717, 1.165) is 18.5 Å². The van der Waals surface area contributed by atoms with E-state index in [4.69, 9.17) is 14.2 Å². The molecule has 1 aromatic rings. The Labute approximate surface area is 135 Å². The number of pyridine rings is 1. The number of amides is 1. The third-order valence-corrected chi connectivity index (χ3v) is 4.24. The molecule has 0 unspecified atom stereocenters. The fourth-order valence-corrected chi connectivity index (χ4v) is 2.92. The lowest BCUT2D eigenvalue weighted by atomic mass is 10.0. The first kappa shape index (κ1) is 16.2. The SMILES string of the molecule is COCCNc1ccc(C(=O)N2CCC3(CC2)OCCO3)nc1. The Hall–Kier alpha value is -1.70. The molecule has 7 heteroatoms. The molecule has 1 spiro atoms. The molecular formula is C16H23N3O4. The van der Waals surface area contributed by atoms with Crippen molar-refractivity contribution in [3.63, 3.8) is 0 Å². The number of piperidine rings is 1. The van der Waals surface area contributed by atoms with E-state index in [1.165, 1.54) is 0 Å². The summed E-state index contributed by atoms with van der Waals surface area (Å²) in [7, 11) is 1.66. The van der Waals surface area contributed by atoms with Crippen LogP contribution in [0.1, 0.15) is 23.3 Å². The highest BCUT2D eigenvalue weighted by Gasteiger charge is 2.40. The van der Waals surface area contributed by atoms with Crippen LogP contribution in [0, 0.1) is 0 Å². The number of likely N-dealkylation sites (tertiary alicyclic amines) is 1. The Bertz CT molecular complexity index is 519. The molecule has 3 rings (SSSR count). The Kier molecular flexibility index (Phi) is 5.09. The van der Waals surface area contributed by atoms with Crippen molar-refractivity contribution in [1.29, 1.82) is 0 Å². The number of hydrogen-bond acceptors (Lipinski definition) is 6. The number of methoxy groups -OCH3 is 1. The minimum atomic E-state index is -0.459. The lowest BCUT2D eigenvalue weighted by Crippen LogP contribution is -2.47. The van der Waals surface area contributed by atoms with Gasteiger partial charge in [-0.1, -0.05) is 0 Å². The van der Waals surface area contributed by atoms with E-state index < -0.39 is 5.79 Å². The Morgan fingerprint density at radius 1 is 1.35 bits per heavy atom. The van der Waals surface area contributed by atoms with Gasteiger partial charge in [0.15, 0.2) is 5.79 Å². The van der Waals surface area contributed by atoms with Crippen molar-refractivity contribution in [1.82, 2.24) is 9.88 Å². The van der Waals surface area contributed by atoms with Crippen molar-refractivity contribution >= 4 is 11.6 Å². The number of rotatable bonds is 5. The second-order valence-electron chi connectivity index (χ2n) is 5.75. The minimum Gasteiger partial charge on any atom is -0.383 e. The van der Waals surface area contributed by atoms with E-state index >= 15 is 0 Å².